The number of aromatic amines is 1. The van der Waals surface area contributed by atoms with Gasteiger partial charge < -0.3 is 19.8 Å². The highest BCUT2D eigenvalue weighted by atomic mass is 35.5. The number of H-pyrrole nitrogens is 1. The minimum absolute atomic E-state index is 0.179. The summed E-state index contributed by atoms with van der Waals surface area (Å²) in [5.74, 6) is 1.37. The second-order valence-corrected chi connectivity index (χ2v) is 6.69. The third kappa shape index (κ3) is 4.17. The largest absolute Gasteiger partial charge is 0.495 e. The Bertz CT molecular complexity index is 1140. The molecule has 1 heterocycles. The van der Waals surface area contributed by atoms with Crippen molar-refractivity contribution in [2.45, 2.75) is 0 Å². The molecule has 146 valence electrons. The number of carbonyl (C=O) groups is 1. The molecule has 0 saturated carbocycles. The van der Waals surface area contributed by atoms with Crippen LogP contribution < -0.4 is 14.8 Å². The number of ether oxygens (including phenoxy) is 2. The van der Waals surface area contributed by atoms with E-state index >= 15 is 0 Å². The first-order valence-electron chi connectivity index (χ1n) is 8.94. The van der Waals surface area contributed by atoms with Crippen LogP contribution in [-0.2, 0) is 4.79 Å². The number of nitrogens with one attached hydrogen (secondary N) is 2. The van der Waals surface area contributed by atoms with E-state index in [4.69, 9.17) is 21.1 Å². The van der Waals surface area contributed by atoms with E-state index < -0.39 is 0 Å². The van der Waals surface area contributed by atoms with Crippen LogP contribution in [0.3, 0.4) is 0 Å². The molecule has 0 aliphatic rings. The summed E-state index contributed by atoms with van der Waals surface area (Å²) in [6.07, 6.45) is 0. The van der Waals surface area contributed by atoms with Crippen LogP contribution in [-0.4, -0.2) is 29.6 Å². The van der Waals surface area contributed by atoms with Gasteiger partial charge in [0.1, 0.15) is 17.3 Å². The molecule has 1 aromatic heterocycles. The summed E-state index contributed by atoms with van der Waals surface area (Å²) >= 11 is 6.05. The molecule has 0 aliphatic carbocycles. The number of imidazole rings is 1. The van der Waals surface area contributed by atoms with E-state index in [2.05, 4.69) is 15.3 Å². The average Bonchev–Trinajstić information content (AvgIpc) is 3.17. The minimum Gasteiger partial charge on any atom is -0.495 e. The van der Waals surface area contributed by atoms with Gasteiger partial charge in [-0.3, -0.25) is 4.79 Å². The minimum atomic E-state index is -0.329. The Balaban J connectivity index is 1.53. The molecule has 0 bridgehead atoms. The van der Waals surface area contributed by atoms with Gasteiger partial charge in [-0.25, -0.2) is 4.98 Å². The highest BCUT2D eigenvalue weighted by molar-refractivity contribution is 6.32. The van der Waals surface area contributed by atoms with E-state index in [9.17, 15) is 4.79 Å². The van der Waals surface area contributed by atoms with Crippen molar-refractivity contribution in [3.05, 3.63) is 71.8 Å². The van der Waals surface area contributed by atoms with Gasteiger partial charge in [0.15, 0.2) is 6.61 Å². The van der Waals surface area contributed by atoms with E-state index in [0.29, 0.717) is 28.0 Å². The van der Waals surface area contributed by atoms with Crippen LogP contribution in [0.1, 0.15) is 0 Å². The van der Waals surface area contributed by atoms with Crippen LogP contribution in [0.2, 0.25) is 5.02 Å². The Morgan fingerprint density at radius 3 is 2.66 bits per heavy atom. The molecule has 0 saturated heterocycles. The first-order chi connectivity index (χ1) is 14.1. The number of hydrogen-bond donors (Lipinski definition) is 2. The number of aromatic nitrogens is 2. The van der Waals surface area contributed by atoms with Crippen molar-refractivity contribution >= 4 is 34.2 Å². The summed E-state index contributed by atoms with van der Waals surface area (Å²) in [7, 11) is 1.55. The second kappa shape index (κ2) is 8.24. The Labute approximate surface area is 172 Å². The monoisotopic (exact) mass is 407 g/mol. The van der Waals surface area contributed by atoms with Crippen LogP contribution in [0.15, 0.2) is 66.7 Å². The van der Waals surface area contributed by atoms with Crippen LogP contribution in [0, 0.1) is 0 Å². The maximum absolute atomic E-state index is 12.4. The Hall–Kier alpha value is -3.51. The molecule has 6 nitrogen and oxygen atoms in total. The smallest absolute Gasteiger partial charge is 0.262 e. The lowest BCUT2D eigenvalue weighted by Gasteiger charge is -2.12. The van der Waals surface area contributed by atoms with Gasteiger partial charge in [0, 0.05) is 5.56 Å². The number of para-hydroxylation sites is 3. The number of methoxy groups -OCH3 is 1. The summed E-state index contributed by atoms with van der Waals surface area (Å²) in [5.41, 5.74) is 3.16. The summed E-state index contributed by atoms with van der Waals surface area (Å²) in [6, 6.07) is 20.3. The van der Waals surface area contributed by atoms with Gasteiger partial charge in [0.2, 0.25) is 0 Å². The molecule has 0 aliphatic heterocycles. The molecule has 7 heteroatoms. The fraction of sp³-hybridized carbons (Fsp3) is 0.0909. The maximum Gasteiger partial charge on any atom is 0.262 e. The zero-order valence-corrected chi connectivity index (χ0v) is 16.4. The molecule has 4 rings (SSSR count). The number of fused-ring (bicyclic) bond motifs is 1. The molecule has 3 aromatic carbocycles. The molecule has 0 spiro atoms. The average molecular weight is 408 g/mol. The standard InChI is InChI=1S/C22H18ClN3O3/c1-28-20-11-10-14(22-25-16-7-3-4-8-17(16)26-22)12-18(20)24-21(27)13-29-19-9-5-2-6-15(19)23/h2-12H,13H2,1H3,(H,24,27)(H,25,26). The fourth-order valence-electron chi connectivity index (χ4n) is 2.93. The zero-order valence-electron chi connectivity index (χ0n) is 15.6. The number of amides is 1. The predicted molar refractivity (Wildman–Crippen MR) is 114 cm³/mol. The van der Waals surface area contributed by atoms with Gasteiger partial charge in [-0.1, -0.05) is 35.9 Å². The van der Waals surface area contributed by atoms with Crippen molar-refractivity contribution in [3.63, 3.8) is 0 Å². The quantitative estimate of drug-likeness (QED) is 0.476. The van der Waals surface area contributed by atoms with Gasteiger partial charge in [0.05, 0.1) is 28.9 Å². The van der Waals surface area contributed by atoms with Gasteiger partial charge >= 0.3 is 0 Å². The third-order valence-corrected chi connectivity index (χ3v) is 4.64. The lowest BCUT2D eigenvalue weighted by Crippen LogP contribution is -2.20. The maximum atomic E-state index is 12.4. The zero-order chi connectivity index (χ0) is 20.2. The van der Waals surface area contributed by atoms with Crippen molar-refractivity contribution in [3.8, 4) is 22.9 Å². The van der Waals surface area contributed by atoms with Crippen molar-refractivity contribution in [2.75, 3.05) is 19.0 Å². The number of rotatable bonds is 6. The molecular weight excluding hydrogens is 390 g/mol. The Morgan fingerprint density at radius 2 is 1.86 bits per heavy atom. The number of benzene rings is 3. The van der Waals surface area contributed by atoms with Gasteiger partial charge in [0.25, 0.3) is 5.91 Å². The van der Waals surface area contributed by atoms with Crippen LogP contribution in [0.25, 0.3) is 22.4 Å². The van der Waals surface area contributed by atoms with E-state index in [-0.39, 0.29) is 12.5 Å². The number of hydrogen-bond acceptors (Lipinski definition) is 4. The molecule has 4 aromatic rings. The Kier molecular flexibility index (Phi) is 5.35. The van der Waals surface area contributed by atoms with Crippen LogP contribution in [0.4, 0.5) is 5.69 Å². The number of nitrogens with zero attached hydrogens (tertiary/aromatic N) is 1. The number of halogens is 1. The molecular formula is C22H18ClN3O3. The topological polar surface area (TPSA) is 76.2 Å². The van der Waals surface area contributed by atoms with Crippen molar-refractivity contribution < 1.29 is 14.3 Å². The molecule has 2 N–H and O–H groups in total. The summed E-state index contributed by atoms with van der Waals surface area (Å²) in [4.78, 5) is 20.3. The van der Waals surface area contributed by atoms with Crippen LogP contribution >= 0.6 is 11.6 Å². The molecule has 0 radical (unpaired) electrons. The number of anilines is 1. The molecule has 0 fully saturated rings. The lowest BCUT2D eigenvalue weighted by atomic mass is 10.1. The number of carbonyl (C=O) groups excluding carboxylic acids is 1. The fourth-order valence-corrected chi connectivity index (χ4v) is 3.12. The molecule has 0 unspecified atom stereocenters. The third-order valence-electron chi connectivity index (χ3n) is 4.33. The van der Waals surface area contributed by atoms with Gasteiger partial charge in [-0.2, -0.15) is 0 Å². The Morgan fingerprint density at radius 1 is 1.07 bits per heavy atom. The van der Waals surface area contributed by atoms with Crippen molar-refractivity contribution in [1.82, 2.24) is 9.97 Å². The molecule has 29 heavy (non-hydrogen) atoms. The summed E-state index contributed by atoms with van der Waals surface area (Å²) in [5, 5.41) is 3.27. The van der Waals surface area contributed by atoms with Gasteiger partial charge in [-0.05, 0) is 42.5 Å². The normalized spacial score (nSPS) is 10.7. The SMILES string of the molecule is COc1ccc(-c2nc3ccccc3[nH]2)cc1NC(=O)COc1ccccc1Cl. The van der Waals surface area contributed by atoms with Crippen molar-refractivity contribution in [2.24, 2.45) is 0 Å². The van der Waals surface area contributed by atoms with Gasteiger partial charge in [-0.15, -0.1) is 0 Å². The van der Waals surface area contributed by atoms with Crippen molar-refractivity contribution in [1.29, 1.82) is 0 Å². The summed E-state index contributed by atoms with van der Waals surface area (Å²) in [6.45, 7) is -0.179. The predicted octanol–water partition coefficient (Wildman–Crippen LogP) is 4.91. The first kappa shape index (κ1) is 18.8. The highest BCUT2D eigenvalue weighted by Crippen LogP contribution is 2.30. The summed E-state index contributed by atoms with van der Waals surface area (Å²) < 4.78 is 10.9. The molecule has 1 amide bonds. The molecule has 0 atom stereocenters. The van der Waals surface area contributed by atoms with E-state index in [1.54, 1.807) is 37.4 Å². The van der Waals surface area contributed by atoms with Crippen LogP contribution in [0.5, 0.6) is 11.5 Å². The van der Waals surface area contributed by atoms with E-state index in [0.717, 1.165) is 16.6 Å². The highest BCUT2D eigenvalue weighted by Gasteiger charge is 2.13. The van der Waals surface area contributed by atoms with E-state index in [1.807, 2.05) is 36.4 Å². The first-order valence-corrected chi connectivity index (χ1v) is 9.32. The second-order valence-electron chi connectivity index (χ2n) is 6.28. The lowest BCUT2D eigenvalue weighted by molar-refractivity contribution is -0.118. The van der Waals surface area contributed by atoms with E-state index in [1.165, 1.54) is 0 Å².